The van der Waals surface area contributed by atoms with E-state index >= 15 is 0 Å². The van der Waals surface area contributed by atoms with Gasteiger partial charge in [0, 0.05) is 22.2 Å². The molecule has 2 saturated carbocycles. The van der Waals surface area contributed by atoms with Crippen LogP contribution < -0.4 is 4.74 Å². The Balaban J connectivity index is 1.56. The molecule has 27 heavy (non-hydrogen) atoms. The van der Waals surface area contributed by atoms with Gasteiger partial charge in [-0.25, -0.2) is 4.89 Å². The summed E-state index contributed by atoms with van der Waals surface area (Å²) < 4.78 is 8.13. The molecule has 7 heteroatoms. The van der Waals surface area contributed by atoms with E-state index in [-0.39, 0.29) is 5.41 Å². The van der Waals surface area contributed by atoms with E-state index in [1.165, 1.54) is 0 Å². The molecule has 1 aromatic carbocycles. The fraction of sp³-hybridized carbons (Fsp3) is 0.400. The molecule has 0 atom stereocenters. The normalized spacial score (nSPS) is 26.8. The molecule has 2 bridgehead atoms. The molecule has 2 aliphatic carbocycles. The van der Waals surface area contributed by atoms with Crippen molar-refractivity contribution in [2.75, 3.05) is 0 Å². The number of ether oxygens (including phenoxy) is 1. The number of fused-ring (bicyclic) bond motifs is 3. The predicted molar refractivity (Wildman–Crippen MR) is 100 cm³/mol. The van der Waals surface area contributed by atoms with E-state index in [0.717, 1.165) is 43.5 Å². The highest BCUT2D eigenvalue weighted by molar-refractivity contribution is 6.31. The van der Waals surface area contributed by atoms with Crippen molar-refractivity contribution in [3.8, 4) is 11.5 Å². The van der Waals surface area contributed by atoms with Crippen molar-refractivity contribution in [1.82, 2.24) is 14.6 Å². The first-order valence-electron chi connectivity index (χ1n) is 9.16. The summed E-state index contributed by atoms with van der Waals surface area (Å²) in [6.45, 7) is 1.93. The largest absolute Gasteiger partial charge is 0.453 e. The molecular weight excluding hydrogens is 366 g/mol. The fourth-order valence-electron chi connectivity index (χ4n) is 4.73. The van der Waals surface area contributed by atoms with Crippen LogP contribution in [0.2, 0.25) is 5.02 Å². The van der Waals surface area contributed by atoms with Crippen LogP contribution in [0.15, 0.2) is 36.5 Å². The van der Waals surface area contributed by atoms with E-state index in [1.54, 1.807) is 0 Å². The highest BCUT2D eigenvalue weighted by Gasteiger charge is 2.58. The van der Waals surface area contributed by atoms with Gasteiger partial charge in [-0.2, -0.15) is 0 Å². The third kappa shape index (κ3) is 2.47. The molecular formula is C20H20ClN3O3. The number of aromatic nitrogens is 3. The fourth-order valence-corrected chi connectivity index (χ4v) is 4.90. The lowest BCUT2D eigenvalue weighted by Crippen LogP contribution is -2.24. The first kappa shape index (κ1) is 17.0. The number of nitrogens with zero attached hydrogens (tertiary/aromatic N) is 3. The quantitative estimate of drug-likeness (QED) is 0.509. The van der Waals surface area contributed by atoms with Gasteiger partial charge in [0.1, 0.15) is 17.2 Å². The van der Waals surface area contributed by atoms with Crippen molar-refractivity contribution in [3.63, 3.8) is 0 Å². The number of rotatable bonds is 4. The summed E-state index contributed by atoms with van der Waals surface area (Å²) in [7, 11) is 0. The van der Waals surface area contributed by atoms with Gasteiger partial charge in [-0.15, -0.1) is 10.2 Å². The molecule has 140 valence electrons. The number of hydrogen-bond acceptors (Lipinski definition) is 5. The molecule has 0 aliphatic heterocycles. The lowest BCUT2D eigenvalue weighted by molar-refractivity contribution is -0.319. The van der Waals surface area contributed by atoms with Crippen LogP contribution in [0.1, 0.15) is 43.5 Å². The maximum Gasteiger partial charge on any atom is 0.203 e. The molecule has 5 rings (SSSR count). The van der Waals surface area contributed by atoms with Gasteiger partial charge < -0.3 is 4.74 Å². The average Bonchev–Trinajstić information content (AvgIpc) is 3.38. The molecule has 0 saturated heterocycles. The summed E-state index contributed by atoms with van der Waals surface area (Å²) in [5.41, 5.74) is 1.04. The zero-order valence-electron chi connectivity index (χ0n) is 15.0. The molecule has 2 aromatic heterocycles. The molecule has 1 N–H and O–H groups in total. The number of hydrogen-bond donors (Lipinski definition) is 1. The van der Waals surface area contributed by atoms with Gasteiger partial charge in [-0.1, -0.05) is 17.7 Å². The highest BCUT2D eigenvalue weighted by atomic mass is 35.5. The van der Waals surface area contributed by atoms with Gasteiger partial charge in [0.15, 0.2) is 5.75 Å². The number of pyridine rings is 1. The van der Waals surface area contributed by atoms with E-state index in [0.29, 0.717) is 22.2 Å². The molecule has 6 nitrogen and oxygen atoms in total. The monoisotopic (exact) mass is 385 g/mol. The minimum Gasteiger partial charge on any atom is -0.453 e. The minimum atomic E-state index is -0.419. The van der Waals surface area contributed by atoms with Crippen molar-refractivity contribution >= 4 is 17.2 Å². The van der Waals surface area contributed by atoms with E-state index in [2.05, 4.69) is 10.2 Å². The summed E-state index contributed by atoms with van der Waals surface area (Å²) in [4.78, 5) is 4.86. The van der Waals surface area contributed by atoms with Gasteiger partial charge in [0.25, 0.3) is 0 Å². The summed E-state index contributed by atoms with van der Waals surface area (Å²) in [5, 5.41) is 19.0. The highest BCUT2D eigenvalue weighted by Crippen LogP contribution is 2.58. The Morgan fingerprint density at radius 3 is 2.59 bits per heavy atom. The average molecular weight is 386 g/mol. The van der Waals surface area contributed by atoms with Crippen molar-refractivity contribution in [2.45, 2.75) is 50.0 Å². The van der Waals surface area contributed by atoms with Crippen LogP contribution in [0, 0.1) is 6.92 Å². The third-order valence-corrected chi connectivity index (χ3v) is 6.69. The minimum absolute atomic E-state index is 0.104. The van der Waals surface area contributed by atoms with E-state index in [1.807, 2.05) is 47.9 Å². The second-order valence-corrected chi connectivity index (χ2v) is 8.19. The van der Waals surface area contributed by atoms with Gasteiger partial charge in [0.2, 0.25) is 5.65 Å². The Hall–Kier alpha value is -2.15. The smallest absolute Gasteiger partial charge is 0.203 e. The molecule has 0 spiro atoms. The van der Waals surface area contributed by atoms with Gasteiger partial charge >= 0.3 is 0 Å². The number of benzene rings is 1. The summed E-state index contributed by atoms with van der Waals surface area (Å²) in [6, 6.07) is 9.42. The molecule has 3 aromatic rings. The van der Waals surface area contributed by atoms with E-state index in [9.17, 15) is 5.26 Å². The first-order chi connectivity index (χ1) is 13.1. The van der Waals surface area contributed by atoms with Crippen LogP contribution in [0.25, 0.3) is 5.65 Å². The van der Waals surface area contributed by atoms with Crippen molar-refractivity contribution in [3.05, 3.63) is 52.9 Å². The Kier molecular flexibility index (Phi) is 3.73. The zero-order chi connectivity index (χ0) is 18.6. The molecule has 2 fully saturated rings. The van der Waals surface area contributed by atoms with Gasteiger partial charge in [0.05, 0.1) is 0 Å². The van der Waals surface area contributed by atoms with Crippen LogP contribution >= 0.6 is 11.6 Å². The lowest BCUT2D eigenvalue weighted by Gasteiger charge is -2.24. The Morgan fingerprint density at radius 2 is 1.85 bits per heavy atom. The Morgan fingerprint density at radius 1 is 1.07 bits per heavy atom. The van der Waals surface area contributed by atoms with Crippen LogP contribution in [0.5, 0.6) is 11.5 Å². The van der Waals surface area contributed by atoms with Crippen LogP contribution in [-0.2, 0) is 10.3 Å². The van der Waals surface area contributed by atoms with Crippen LogP contribution in [0.4, 0.5) is 0 Å². The molecule has 0 unspecified atom stereocenters. The SMILES string of the molecule is Cc1c(Cl)cccc1Oc1cccn2c(C34CCC(OO)(CC3)C4)nnc12. The van der Waals surface area contributed by atoms with Crippen molar-refractivity contribution in [1.29, 1.82) is 0 Å². The lowest BCUT2D eigenvalue weighted by atomic mass is 9.83. The third-order valence-electron chi connectivity index (χ3n) is 6.28. The van der Waals surface area contributed by atoms with Crippen LogP contribution in [0.3, 0.4) is 0 Å². The van der Waals surface area contributed by atoms with Gasteiger partial charge in [-0.3, -0.25) is 9.66 Å². The second kappa shape index (κ2) is 5.92. The maximum absolute atomic E-state index is 9.35. The summed E-state index contributed by atoms with van der Waals surface area (Å²) in [5.74, 6) is 2.26. The molecule has 0 amide bonds. The first-order valence-corrected chi connectivity index (χ1v) is 9.54. The van der Waals surface area contributed by atoms with Gasteiger partial charge in [-0.05, 0) is 63.3 Å². The molecule has 2 heterocycles. The zero-order valence-corrected chi connectivity index (χ0v) is 15.7. The van der Waals surface area contributed by atoms with E-state index in [4.69, 9.17) is 21.2 Å². The molecule has 2 aliphatic rings. The van der Waals surface area contributed by atoms with E-state index < -0.39 is 5.60 Å². The summed E-state index contributed by atoms with van der Waals surface area (Å²) >= 11 is 6.21. The van der Waals surface area contributed by atoms with Crippen LogP contribution in [-0.4, -0.2) is 25.5 Å². The molecule has 0 radical (unpaired) electrons. The maximum atomic E-state index is 9.35. The Labute approximate surface area is 161 Å². The summed E-state index contributed by atoms with van der Waals surface area (Å²) in [6.07, 6.45) is 6.30. The predicted octanol–water partition coefficient (Wildman–Crippen LogP) is 4.93. The van der Waals surface area contributed by atoms with Crippen molar-refractivity contribution in [2.24, 2.45) is 0 Å². The number of halogens is 1. The van der Waals surface area contributed by atoms with Crippen molar-refractivity contribution < 1.29 is 14.9 Å². The standard InChI is InChI=1S/C20H20ClN3O3/c1-13-14(21)4-2-5-15(13)26-16-6-3-11-24-17(16)22-23-18(24)19-7-9-20(12-19,27-25)10-8-19/h2-6,11,25H,7-10,12H2,1H3. The Bertz CT molecular complexity index is 1020. The second-order valence-electron chi connectivity index (χ2n) is 7.79. The topological polar surface area (TPSA) is 68.9 Å².